The summed E-state index contributed by atoms with van der Waals surface area (Å²) in [5.41, 5.74) is 2.96. The van der Waals surface area contributed by atoms with Crippen LogP contribution in [0.2, 0.25) is 0 Å². The molecule has 8 heteroatoms. The molecule has 0 radical (unpaired) electrons. The topological polar surface area (TPSA) is 79.0 Å². The van der Waals surface area contributed by atoms with Gasteiger partial charge in [0.15, 0.2) is 0 Å². The molecule has 2 heterocycles. The highest BCUT2D eigenvalue weighted by Gasteiger charge is 2.29. The summed E-state index contributed by atoms with van der Waals surface area (Å²) in [6.45, 7) is 5.17. The predicted octanol–water partition coefficient (Wildman–Crippen LogP) is 3.12. The number of nitrogens with one attached hydrogen (secondary N) is 1. The molecule has 2 aromatic carbocycles. The predicted molar refractivity (Wildman–Crippen MR) is 121 cm³/mol. The average molecular weight is 444 g/mol. The third kappa shape index (κ3) is 4.61. The van der Waals surface area contributed by atoms with Crippen LogP contribution in [0, 0.1) is 0 Å². The van der Waals surface area contributed by atoms with E-state index in [2.05, 4.69) is 10.2 Å². The first-order valence-corrected chi connectivity index (χ1v) is 12.3. The number of benzene rings is 2. The molecule has 0 saturated carbocycles. The van der Waals surface area contributed by atoms with Crippen molar-refractivity contribution in [1.29, 1.82) is 0 Å². The van der Waals surface area contributed by atoms with Crippen molar-refractivity contribution in [2.75, 3.05) is 49.6 Å². The number of ether oxygens (including phenoxy) is 1. The van der Waals surface area contributed by atoms with Gasteiger partial charge in [0.05, 0.1) is 23.7 Å². The summed E-state index contributed by atoms with van der Waals surface area (Å²) in [4.78, 5) is 15.7. The van der Waals surface area contributed by atoms with Crippen molar-refractivity contribution in [3.8, 4) is 0 Å². The molecule has 0 spiro atoms. The van der Waals surface area contributed by atoms with Gasteiger partial charge in [-0.3, -0.25) is 4.79 Å². The second-order valence-corrected chi connectivity index (χ2v) is 9.79. The van der Waals surface area contributed by atoms with Crippen LogP contribution in [0.1, 0.15) is 35.7 Å². The summed E-state index contributed by atoms with van der Waals surface area (Å²) in [7, 11) is -3.69. The van der Waals surface area contributed by atoms with Crippen LogP contribution in [0.3, 0.4) is 0 Å². The number of aryl methyl sites for hydroxylation is 1. The monoisotopic (exact) mass is 443 g/mol. The Labute approximate surface area is 184 Å². The maximum Gasteiger partial charge on any atom is 0.257 e. The Balaban J connectivity index is 1.71. The number of anilines is 2. The second kappa shape index (κ2) is 9.38. The summed E-state index contributed by atoms with van der Waals surface area (Å²) in [6.07, 6.45) is 2.92. The van der Waals surface area contributed by atoms with E-state index in [1.807, 2.05) is 31.2 Å². The number of para-hydroxylation sites is 1. The number of hydrogen-bond acceptors (Lipinski definition) is 5. The Morgan fingerprint density at radius 2 is 1.74 bits per heavy atom. The second-order valence-electron chi connectivity index (χ2n) is 7.85. The van der Waals surface area contributed by atoms with Gasteiger partial charge in [0, 0.05) is 37.6 Å². The van der Waals surface area contributed by atoms with Crippen LogP contribution in [0.15, 0.2) is 47.4 Å². The number of morpholine rings is 1. The van der Waals surface area contributed by atoms with Gasteiger partial charge < -0.3 is 15.0 Å². The van der Waals surface area contributed by atoms with Crippen molar-refractivity contribution in [1.82, 2.24) is 4.31 Å². The molecule has 2 saturated heterocycles. The maximum absolute atomic E-state index is 13.3. The molecule has 0 unspecified atom stereocenters. The van der Waals surface area contributed by atoms with E-state index < -0.39 is 10.0 Å². The molecule has 2 aromatic rings. The standard InChI is InChI=1S/C23H29N3O4S/c1-2-18-7-3-4-8-21(18)24-23(27)20-17-19(9-10-22(20)25-11-5-6-12-25)31(28,29)26-13-15-30-16-14-26/h3-4,7-10,17H,2,5-6,11-16H2,1H3,(H,24,27). The summed E-state index contributed by atoms with van der Waals surface area (Å²) < 4.78 is 33.1. The van der Waals surface area contributed by atoms with Crippen LogP contribution in [0.4, 0.5) is 11.4 Å². The van der Waals surface area contributed by atoms with E-state index in [0.29, 0.717) is 31.9 Å². The van der Waals surface area contributed by atoms with Crippen molar-refractivity contribution >= 4 is 27.3 Å². The molecule has 166 valence electrons. The Hall–Kier alpha value is -2.42. The van der Waals surface area contributed by atoms with Gasteiger partial charge in [-0.15, -0.1) is 0 Å². The van der Waals surface area contributed by atoms with E-state index in [1.165, 1.54) is 10.4 Å². The van der Waals surface area contributed by atoms with Gasteiger partial charge in [-0.2, -0.15) is 4.31 Å². The highest BCUT2D eigenvalue weighted by atomic mass is 32.2. The smallest absolute Gasteiger partial charge is 0.257 e. The lowest BCUT2D eigenvalue weighted by molar-refractivity contribution is 0.0730. The fourth-order valence-electron chi connectivity index (χ4n) is 4.17. The zero-order chi connectivity index (χ0) is 21.8. The van der Waals surface area contributed by atoms with Gasteiger partial charge >= 0.3 is 0 Å². The first kappa shape index (κ1) is 21.8. The zero-order valence-electron chi connectivity index (χ0n) is 17.8. The number of carbonyl (C=O) groups is 1. The molecule has 4 rings (SSSR count). The van der Waals surface area contributed by atoms with Gasteiger partial charge in [-0.1, -0.05) is 25.1 Å². The van der Waals surface area contributed by atoms with Crippen LogP contribution in [-0.4, -0.2) is 58.0 Å². The lowest BCUT2D eigenvalue weighted by atomic mass is 10.1. The number of hydrogen-bond donors (Lipinski definition) is 1. The molecule has 1 N–H and O–H groups in total. The minimum Gasteiger partial charge on any atom is -0.379 e. The fourth-order valence-corrected chi connectivity index (χ4v) is 5.60. The molecule has 0 bridgehead atoms. The molecular formula is C23H29N3O4S. The first-order valence-electron chi connectivity index (χ1n) is 10.9. The van der Waals surface area contributed by atoms with Crippen LogP contribution in [0.25, 0.3) is 0 Å². The number of amides is 1. The molecule has 0 aromatic heterocycles. The van der Waals surface area contributed by atoms with Crippen LogP contribution in [-0.2, 0) is 21.2 Å². The van der Waals surface area contributed by atoms with Crippen LogP contribution in [0.5, 0.6) is 0 Å². The summed E-state index contributed by atoms with van der Waals surface area (Å²) in [6, 6.07) is 12.6. The molecular weight excluding hydrogens is 414 g/mol. The minimum atomic E-state index is -3.69. The molecule has 1 amide bonds. The van der Waals surface area contributed by atoms with Crippen molar-refractivity contribution < 1.29 is 17.9 Å². The highest BCUT2D eigenvalue weighted by Crippen LogP contribution is 2.30. The Morgan fingerprint density at radius 3 is 2.45 bits per heavy atom. The van der Waals surface area contributed by atoms with E-state index in [4.69, 9.17) is 4.74 Å². The summed E-state index contributed by atoms with van der Waals surface area (Å²) in [5, 5.41) is 3.01. The van der Waals surface area contributed by atoms with E-state index in [9.17, 15) is 13.2 Å². The van der Waals surface area contributed by atoms with Gasteiger partial charge in [0.1, 0.15) is 0 Å². The molecule has 0 aliphatic carbocycles. The normalized spacial score (nSPS) is 17.6. The average Bonchev–Trinajstić information content (AvgIpc) is 3.34. The summed E-state index contributed by atoms with van der Waals surface area (Å²) in [5.74, 6) is -0.290. The van der Waals surface area contributed by atoms with Gasteiger partial charge in [0.25, 0.3) is 5.91 Å². The third-order valence-electron chi connectivity index (χ3n) is 5.91. The number of rotatable bonds is 6. The lowest BCUT2D eigenvalue weighted by Crippen LogP contribution is -2.40. The Bertz CT molecular complexity index is 1040. The van der Waals surface area contributed by atoms with Crippen molar-refractivity contribution in [2.24, 2.45) is 0 Å². The molecule has 2 fully saturated rings. The van der Waals surface area contributed by atoms with E-state index >= 15 is 0 Å². The molecule has 2 aliphatic heterocycles. The maximum atomic E-state index is 13.3. The van der Waals surface area contributed by atoms with Gasteiger partial charge in [0.2, 0.25) is 10.0 Å². The molecule has 7 nitrogen and oxygen atoms in total. The number of carbonyl (C=O) groups excluding carboxylic acids is 1. The number of sulfonamides is 1. The van der Waals surface area contributed by atoms with E-state index in [-0.39, 0.29) is 10.8 Å². The van der Waals surface area contributed by atoms with Crippen molar-refractivity contribution in [3.63, 3.8) is 0 Å². The Morgan fingerprint density at radius 1 is 1.03 bits per heavy atom. The quantitative estimate of drug-likeness (QED) is 0.742. The van der Waals surface area contributed by atoms with Crippen LogP contribution >= 0.6 is 0 Å². The Kier molecular flexibility index (Phi) is 6.60. The minimum absolute atomic E-state index is 0.145. The fraction of sp³-hybridized carbons (Fsp3) is 0.435. The molecule has 31 heavy (non-hydrogen) atoms. The summed E-state index contributed by atoms with van der Waals surface area (Å²) >= 11 is 0. The zero-order valence-corrected chi connectivity index (χ0v) is 18.7. The largest absolute Gasteiger partial charge is 0.379 e. The van der Waals surface area contributed by atoms with E-state index in [0.717, 1.165) is 49.3 Å². The van der Waals surface area contributed by atoms with Crippen LogP contribution < -0.4 is 10.2 Å². The third-order valence-corrected chi connectivity index (χ3v) is 7.81. The first-order chi connectivity index (χ1) is 15.0. The SMILES string of the molecule is CCc1ccccc1NC(=O)c1cc(S(=O)(=O)N2CCOCC2)ccc1N1CCCC1. The van der Waals surface area contributed by atoms with Crippen molar-refractivity contribution in [3.05, 3.63) is 53.6 Å². The molecule has 0 atom stereocenters. The van der Waals surface area contributed by atoms with Gasteiger partial charge in [-0.05, 0) is 49.1 Å². The lowest BCUT2D eigenvalue weighted by Gasteiger charge is -2.27. The van der Waals surface area contributed by atoms with Crippen molar-refractivity contribution in [2.45, 2.75) is 31.1 Å². The van der Waals surface area contributed by atoms with E-state index in [1.54, 1.807) is 12.1 Å². The highest BCUT2D eigenvalue weighted by molar-refractivity contribution is 7.89. The molecule has 2 aliphatic rings. The number of nitrogens with zero attached hydrogens (tertiary/aromatic N) is 2. The van der Waals surface area contributed by atoms with Gasteiger partial charge in [-0.25, -0.2) is 8.42 Å².